The van der Waals surface area contributed by atoms with Crippen LogP contribution >= 0.6 is 0 Å². The van der Waals surface area contributed by atoms with Crippen LogP contribution in [0.2, 0.25) is 0 Å². The molecule has 0 spiro atoms. The topological polar surface area (TPSA) is 66.4 Å². The highest BCUT2D eigenvalue weighted by Gasteiger charge is 2.49. The Morgan fingerprint density at radius 2 is 1.86 bits per heavy atom. The zero-order valence-corrected chi connectivity index (χ0v) is 11.9. The van der Waals surface area contributed by atoms with Gasteiger partial charge in [0, 0.05) is 11.5 Å². The Labute approximate surface area is 126 Å². The van der Waals surface area contributed by atoms with Gasteiger partial charge in [0.25, 0.3) is 0 Å². The summed E-state index contributed by atoms with van der Waals surface area (Å²) in [5.41, 5.74) is -0.654. The Bertz CT molecular complexity index is 628. The number of aliphatic carboxylic acids is 1. The van der Waals surface area contributed by atoms with E-state index in [9.17, 15) is 18.4 Å². The lowest BCUT2D eigenvalue weighted by molar-refractivity contribution is -0.141. The Balaban J connectivity index is 1.71. The van der Waals surface area contributed by atoms with E-state index < -0.39 is 29.1 Å². The minimum atomic E-state index is -0.882. The summed E-state index contributed by atoms with van der Waals surface area (Å²) in [5, 5.41) is 11.8. The molecule has 0 heterocycles. The molecule has 22 heavy (non-hydrogen) atoms. The number of rotatable bonds is 4. The molecule has 2 N–H and O–H groups in total. The fourth-order valence-corrected chi connectivity index (χ4v) is 3.23. The summed E-state index contributed by atoms with van der Waals surface area (Å²) >= 11 is 0. The molecule has 0 aliphatic heterocycles. The van der Waals surface area contributed by atoms with Crippen LogP contribution in [0.4, 0.5) is 8.78 Å². The molecule has 1 aromatic carbocycles. The molecule has 0 saturated heterocycles. The van der Waals surface area contributed by atoms with Crippen LogP contribution in [0.15, 0.2) is 18.2 Å². The molecule has 1 aromatic rings. The van der Waals surface area contributed by atoms with Gasteiger partial charge < -0.3 is 10.4 Å². The second-order valence-electron chi connectivity index (χ2n) is 6.24. The second-order valence-corrected chi connectivity index (χ2v) is 6.24. The van der Waals surface area contributed by atoms with Gasteiger partial charge in [-0.05, 0) is 50.3 Å². The largest absolute Gasteiger partial charge is 0.481 e. The molecule has 6 heteroatoms. The van der Waals surface area contributed by atoms with Gasteiger partial charge in [-0.15, -0.1) is 0 Å². The average Bonchev–Trinajstić information content (AvgIpc) is 3.06. The second kappa shape index (κ2) is 5.34. The van der Waals surface area contributed by atoms with Crippen LogP contribution in [0, 0.1) is 23.5 Å². The molecule has 0 aromatic heterocycles. The van der Waals surface area contributed by atoms with E-state index in [1.165, 1.54) is 0 Å². The van der Waals surface area contributed by atoms with Crippen LogP contribution in [0.3, 0.4) is 0 Å². The number of carbonyl (C=O) groups excluding carboxylic acids is 1. The van der Waals surface area contributed by atoms with Gasteiger partial charge in [-0.2, -0.15) is 0 Å². The van der Waals surface area contributed by atoms with Gasteiger partial charge in [0.05, 0.1) is 11.5 Å². The first-order chi connectivity index (χ1) is 10.4. The molecule has 1 amide bonds. The van der Waals surface area contributed by atoms with Crippen LogP contribution in [-0.4, -0.2) is 17.0 Å². The molecule has 2 saturated carbocycles. The number of hydrogen-bond donors (Lipinski definition) is 2. The summed E-state index contributed by atoms with van der Waals surface area (Å²) in [5.74, 6) is -3.07. The molecule has 4 nitrogen and oxygen atoms in total. The molecule has 118 valence electrons. The summed E-state index contributed by atoms with van der Waals surface area (Å²) < 4.78 is 27.2. The lowest BCUT2D eigenvalue weighted by Gasteiger charge is -2.21. The normalized spacial score (nSPS) is 25.7. The van der Waals surface area contributed by atoms with Crippen molar-refractivity contribution in [2.24, 2.45) is 11.8 Å². The first kappa shape index (κ1) is 14.9. The van der Waals surface area contributed by atoms with Crippen molar-refractivity contribution in [1.82, 2.24) is 5.32 Å². The molecule has 2 aliphatic rings. The molecular weight excluding hydrogens is 292 g/mol. The van der Waals surface area contributed by atoms with Crippen molar-refractivity contribution in [3.63, 3.8) is 0 Å². The van der Waals surface area contributed by atoms with E-state index in [0.29, 0.717) is 32.1 Å². The van der Waals surface area contributed by atoms with Gasteiger partial charge >= 0.3 is 5.97 Å². The summed E-state index contributed by atoms with van der Waals surface area (Å²) in [6.45, 7) is 0. The number of benzene rings is 1. The van der Waals surface area contributed by atoms with Gasteiger partial charge in [0.2, 0.25) is 5.91 Å². The van der Waals surface area contributed by atoms with E-state index in [0.717, 1.165) is 18.2 Å². The van der Waals surface area contributed by atoms with Gasteiger partial charge in [0.1, 0.15) is 11.6 Å². The van der Waals surface area contributed by atoms with Gasteiger partial charge in [0.15, 0.2) is 0 Å². The van der Waals surface area contributed by atoms with E-state index in [4.69, 9.17) is 5.11 Å². The summed E-state index contributed by atoms with van der Waals surface area (Å²) in [7, 11) is 0. The molecule has 0 unspecified atom stereocenters. The molecule has 2 atom stereocenters. The maximum Gasteiger partial charge on any atom is 0.306 e. The molecule has 3 rings (SSSR count). The lowest BCUT2D eigenvalue weighted by atomic mass is 10.0. The van der Waals surface area contributed by atoms with Gasteiger partial charge in [-0.1, -0.05) is 0 Å². The number of carbonyl (C=O) groups is 2. The maximum absolute atomic E-state index is 13.9. The van der Waals surface area contributed by atoms with Crippen molar-refractivity contribution in [2.75, 3.05) is 0 Å². The van der Waals surface area contributed by atoms with E-state index in [1.54, 1.807) is 0 Å². The summed E-state index contributed by atoms with van der Waals surface area (Å²) in [6.07, 6.45) is 2.44. The zero-order chi connectivity index (χ0) is 15.9. The third-order valence-electron chi connectivity index (χ3n) is 4.71. The zero-order valence-electron chi connectivity index (χ0n) is 11.9. The highest BCUT2D eigenvalue weighted by atomic mass is 19.1. The predicted octanol–water partition coefficient (Wildman–Crippen LogP) is 2.57. The molecule has 2 aliphatic carbocycles. The monoisotopic (exact) mass is 309 g/mol. The van der Waals surface area contributed by atoms with E-state index >= 15 is 0 Å². The molecular formula is C16H17F2NO3. The van der Waals surface area contributed by atoms with Crippen molar-refractivity contribution in [3.05, 3.63) is 35.4 Å². The Hall–Kier alpha value is -1.98. The Morgan fingerprint density at radius 3 is 2.45 bits per heavy atom. The van der Waals surface area contributed by atoms with Crippen LogP contribution in [0.1, 0.15) is 37.7 Å². The summed E-state index contributed by atoms with van der Waals surface area (Å²) in [4.78, 5) is 23.3. The average molecular weight is 309 g/mol. The van der Waals surface area contributed by atoms with E-state index in [1.807, 2.05) is 0 Å². The number of amides is 1. The van der Waals surface area contributed by atoms with Crippen LogP contribution in [0.5, 0.6) is 0 Å². The van der Waals surface area contributed by atoms with Gasteiger partial charge in [-0.3, -0.25) is 9.59 Å². The highest BCUT2D eigenvalue weighted by molar-refractivity contribution is 5.82. The molecule has 0 bridgehead atoms. The standard InChI is InChI=1S/C16H17F2NO3/c17-11-3-4-13(18)12(8-11)16(5-6-16)19-14(20)9-1-2-10(7-9)15(21)22/h3-4,8-10H,1-2,5-7H2,(H,19,20)(H,21,22)/t9-,10+/m1/s1. The quantitative estimate of drug-likeness (QED) is 0.898. The summed E-state index contributed by atoms with van der Waals surface area (Å²) in [6, 6.07) is 3.23. The van der Waals surface area contributed by atoms with Crippen molar-refractivity contribution in [2.45, 2.75) is 37.6 Å². The predicted molar refractivity (Wildman–Crippen MR) is 73.9 cm³/mol. The fourth-order valence-electron chi connectivity index (χ4n) is 3.23. The van der Waals surface area contributed by atoms with Crippen molar-refractivity contribution in [1.29, 1.82) is 0 Å². The van der Waals surface area contributed by atoms with E-state index in [2.05, 4.69) is 5.32 Å². The number of carboxylic acids is 1. The Kier molecular flexibility index (Phi) is 3.62. The van der Waals surface area contributed by atoms with Crippen LogP contribution < -0.4 is 5.32 Å². The van der Waals surface area contributed by atoms with Crippen molar-refractivity contribution >= 4 is 11.9 Å². The first-order valence-corrected chi connectivity index (χ1v) is 7.42. The maximum atomic E-state index is 13.9. The van der Waals surface area contributed by atoms with Crippen LogP contribution in [-0.2, 0) is 15.1 Å². The lowest BCUT2D eigenvalue weighted by Crippen LogP contribution is -2.39. The van der Waals surface area contributed by atoms with E-state index in [-0.39, 0.29) is 17.4 Å². The molecule has 0 radical (unpaired) electrons. The van der Waals surface area contributed by atoms with Crippen molar-refractivity contribution in [3.8, 4) is 0 Å². The Morgan fingerprint density at radius 1 is 1.18 bits per heavy atom. The number of carboxylic acid groups (broad SMARTS) is 1. The third kappa shape index (κ3) is 2.69. The number of halogens is 2. The number of nitrogens with one attached hydrogen (secondary N) is 1. The molecule has 2 fully saturated rings. The minimum absolute atomic E-state index is 0.175. The van der Waals surface area contributed by atoms with Gasteiger partial charge in [-0.25, -0.2) is 8.78 Å². The third-order valence-corrected chi connectivity index (χ3v) is 4.71. The fraction of sp³-hybridized carbons (Fsp3) is 0.500. The minimum Gasteiger partial charge on any atom is -0.481 e. The smallest absolute Gasteiger partial charge is 0.306 e. The number of hydrogen-bond acceptors (Lipinski definition) is 2. The van der Waals surface area contributed by atoms with Crippen LogP contribution in [0.25, 0.3) is 0 Å². The first-order valence-electron chi connectivity index (χ1n) is 7.42. The SMILES string of the molecule is O=C(O)[C@H]1CC[C@@H](C(=O)NC2(c3cc(F)ccc3F)CC2)C1. The van der Waals surface area contributed by atoms with Crippen molar-refractivity contribution < 1.29 is 23.5 Å². The highest BCUT2D eigenvalue weighted by Crippen LogP contribution is 2.47.